The molecule has 0 amide bonds. The van der Waals surface area contributed by atoms with E-state index in [4.69, 9.17) is 5.73 Å². The Morgan fingerprint density at radius 1 is 1.22 bits per heavy atom. The van der Waals surface area contributed by atoms with Crippen LogP contribution in [0.2, 0.25) is 0 Å². The van der Waals surface area contributed by atoms with Gasteiger partial charge in [0.2, 0.25) is 10.0 Å². The normalized spacial score (nSPS) is 14.0. The SMILES string of the molecule is CC(C)(C)NC(N)=NCC(C)(C)NS(C)(=O)=O.I. The maximum Gasteiger partial charge on any atom is 0.209 e. The number of hydrogen-bond donors (Lipinski definition) is 3. The van der Waals surface area contributed by atoms with Gasteiger partial charge in [0.25, 0.3) is 0 Å². The predicted octanol–water partition coefficient (Wildman–Crippen LogP) is 0.635. The molecule has 110 valence electrons. The molecule has 0 saturated carbocycles. The highest BCUT2D eigenvalue weighted by molar-refractivity contribution is 14.0. The van der Waals surface area contributed by atoms with Crippen LogP contribution in [0.15, 0.2) is 4.99 Å². The first-order valence-corrected chi connectivity index (χ1v) is 7.27. The summed E-state index contributed by atoms with van der Waals surface area (Å²) in [4.78, 5) is 4.12. The molecule has 0 bridgehead atoms. The summed E-state index contributed by atoms with van der Waals surface area (Å²) in [5.41, 5.74) is 4.87. The van der Waals surface area contributed by atoms with Crippen molar-refractivity contribution in [1.29, 1.82) is 0 Å². The number of halogens is 1. The third-order valence-electron chi connectivity index (χ3n) is 1.61. The number of hydrogen-bond acceptors (Lipinski definition) is 3. The predicted molar refractivity (Wildman–Crippen MR) is 86.9 cm³/mol. The van der Waals surface area contributed by atoms with Gasteiger partial charge < -0.3 is 11.1 Å². The van der Waals surface area contributed by atoms with Crippen molar-refractivity contribution < 1.29 is 8.42 Å². The van der Waals surface area contributed by atoms with Gasteiger partial charge in [0.05, 0.1) is 12.8 Å². The van der Waals surface area contributed by atoms with Crippen LogP contribution in [0.5, 0.6) is 0 Å². The molecule has 0 aromatic heterocycles. The topological polar surface area (TPSA) is 96.6 Å². The summed E-state index contributed by atoms with van der Waals surface area (Å²) in [5.74, 6) is 0.306. The van der Waals surface area contributed by atoms with Crippen LogP contribution >= 0.6 is 24.0 Å². The fraction of sp³-hybridized carbons (Fsp3) is 0.900. The fourth-order valence-corrected chi connectivity index (χ4v) is 2.31. The second-order valence-corrected chi connectivity index (χ2v) is 7.58. The molecule has 0 rings (SSSR count). The fourth-order valence-electron chi connectivity index (χ4n) is 1.24. The molecule has 0 saturated heterocycles. The average Bonchev–Trinajstić information content (AvgIpc) is 1.92. The van der Waals surface area contributed by atoms with E-state index in [1.54, 1.807) is 13.8 Å². The number of sulfonamides is 1. The van der Waals surface area contributed by atoms with Gasteiger partial charge >= 0.3 is 0 Å². The van der Waals surface area contributed by atoms with E-state index in [1.807, 2.05) is 20.8 Å². The molecule has 0 atom stereocenters. The van der Waals surface area contributed by atoms with Crippen LogP contribution in [-0.4, -0.2) is 38.3 Å². The summed E-state index contributed by atoms with van der Waals surface area (Å²) in [5, 5.41) is 3.01. The van der Waals surface area contributed by atoms with Gasteiger partial charge in [-0.25, -0.2) is 13.1 Å². The summed E-state index contributed by atoms with van der Waals surface area (Å²) in [6.07, 6.45) is 1.12. The van der Waals surface area contributed by atoms with E-state index in [0.29, 0.717) is 5.96 Å². The molecule has 0 aliphatic carbocycles. The summed E-state index contributed by atoms with van der Waals surface area (Å²) in [7, 11) is -3.25. The van der Waals surface area contributed by atoms with Gasteiger partial charge in [-0.2, -0.15) is 0 Å². The number of nitrogens with two attached hydrogens (primary N) is 1. The minimum Gasteiger partial charge on any atom is -0.370 e. The highest BCUT2D eigenvalue weighted by Crippen LogP contribution is 2.04. The molecule has 0 heterocycles. The van der Waals surface area contributed by atoms with Crippen LogP contribution in [-0.2, 0) is 10.0 Å². The first-order valence-electron chi connectivity index (χ1n) is 5.38. The molecule has 0 aliphatic heterocycles. The van der Waals surface area contributed by atoms with E-state index in [2.05, 4.69) is 15.0 Å². The van der Waals surface area contributed by atoms with Crippen LogP contribution < -0.4 is 15.8 Å². The number of nitrogens with zero attached hydrogens (tertiary/aromatic N) is 1. The molecule has 0 radical (unpaired) electrons. The maximum absolute atomic E-state index is 11.1. The summed E-state index contributed by atoms with van der Waals surface area (Å²) < 4.78 is 24.7. The number of guanidine groups is 1. The van der Waals surface area contributed by atoms with Gasteiger partial charge in [0.1, 0.15) is 0 Å². The summed E-state index contributed by atoms with van der Waals surface area (Å²) >= 11 is 0. The van der Waals surface area contributed by atoms with Crippen molar-refractivity contribution in [3.05, 3.63) is 0 Å². The molecule has 0 aliphatic rings. The van der Waals surface area contributed by atoms with Crippen molar-refractivity contribution in [2.24, 2.45) is 10.7 Å². The van der Waals surface area contributed by atoms with Crippen molar-refractivity contribution in [2.75, 3.05) is 12.8 Å². The molecule has 0 spiro atoms. The molecule has 0 fully saturated rings. The van der Waals surface area contributed by atoms with E-state index >= 15 is 0 Å². The monoisotopic (exact) mass is 392 g/mol. The molecule has 4 N–H and O–H groups in total. The van der Waals surface area contributed by atoms with E-state index in [9.17, 15) is 8.42 Å². The quantitative estimate of drug-likeness (QED) is 0.372. The molecular weight excluding hydrogens is 367 g/mol. The molecular formula is C10H25IN4O2S. The van der Waals surface area contributed by atoms with E-state index < -0.39 is 15.6 Å². The van der Waals surface area contributed by atoms with E-state index in [0.717, 1.165) is 6.26 Å². The lowest BCUT2D eigenvalue weighted by Gasteiger charge is -2.25. The molecule has 0 unspecified atom stereocenters. The zero-order valence-electron chi connectivity index (χ0n) is 11.9. The molecule has 6 nitrogen and oxygen atoms in total. The molecule has 0 aromatic carbocycles. The van der Waals surface area contributed by atoms with Crippen LogP contribution in [0.25, 0.3) is 0 Å². The third-order valence-corrected chi connectivity index (χ3v) is 2.53. The Labute approximate surface area is 127 Å². The lowest BCUT2D eigenvalue weighted by atomic mass is 10.1. The zero-order chi connectivity index (χ0) is 13.9. The largest absolute Gasteiger partial charge is 0.370 e. The first kappa shape index (κ1) is 20.2. The van der Waals surface area contributed by atoms with E-state index in [-0.39, 0.29) is 36.1 Å². The Hall–Kier alpha value is -0.0900. The average molecular weight is 392 g/mol. The van der Waals surface area contributed by atoms with Crippen molar-refractivity contribution in [1.82, 2.24) is 10.0 Å². The van der Waals surface area contributed by atoms with Crippen LogP contribution in [0.3, 0.4) is 0 Å². The highest BCUT2D eigenvalue weighted by atomic mass is 127. The van der Waals surface area contributed by atoms with Gasteiger partial charge in [-0.15, -0.1) is 24.0 Å². The van der Waals surface area contributed by atoms with Gasteiger partial charge in [0.15, 0.2) is 5.96 Å². The second kappa shape index (κ2) is 6.90. The van der Waals surface area contributed by atoms with E-state index in [1.165, 1.54) is 0 Å². The van der Waals surface area contributed by atoms with Crippen molar-refractivity contribution in [3.8, 4) is 0 Å². The lowest BCUT2D eigenvalue weighted by molar-refractivity contribution is 0.461. The lowest BCUT2D eigenvalue weighted by Crippen LogP contribution is -2.48. The summed E-state index contributed by atoms with van der Waals surface area (Å²) in [6, 6.07) is 0. The number of nitrogens with one attached hydrogen (secondary N) is 2. The van der Waals surface area contributed by atoms with Crippen LogP contribution in [0, 0.1) is 0 Å². The van der Waals surface area contributed by atoms with Crippen molar-refractivity contribution in [3.63, 3.8) is 0 Å². The molecule has 8 heteroatoms. The maximum atomic E-state index is 11.1. The number of aliphatic imine (C=N–C) groups is 1. The minimum absolute atomic E-state index is 0. The second-order valence-electron chi connectivity index (χ2n) is 5.83. The number of rotatable bonds is 4. The Balaban J connectivity index is 0. The van der Waals surface area contributed by atoms with Gasteiger partial charge in [0, 0.05) is 11.1 Å². The Kier molecular flexibility index (Phi) is 7.75. The van der Waals surface area contributed by atoms with Crippen molar-refractivity contribution in [2.45, 2.75) is 45.7 Å². The molecule has 0 aromatic rings. The minimum atomic E-state index is -3.25. The molecule has 18 heavy (non-hydrogen) atoms. The standard InChI is InChI=1S/C10H24N4O2S.HI/c1-9(2,3)13-8(11)12-7-10(4,5)14-17(6,15)16;/h14H,7H2,1-6H3,(H3,11,12,13);1H. The zero-order valence-corrected chi connectivity index (χ0v) is 15.0. The van der Waals surface area contributed by atoms with Gasteiger partial charge in [-0.1, -0.05) is 0 Å². The van der Waals surface area contributed by atoms with Gasteiger partial charge in [-0.05, 0) is 34.6 Å². The van der Waals surface area contributed by atoms with Crippen molar-refractivity contribution >= 4 is 40.0 Å². The first-order chi connectivity index (χ1) is 7.31. The Bertz CT molecular complexity index is 385. The van der Waals surface area contributed by atoms with Crippen LogP contribution in [0.4, 0.5) is 0 Å². The Morgan fingerprint density at radius 3 is 2.00 bits per heavy atom. The van der Waals surface area contributed by atoms with Gasteiger partial charge in [-0.3, -0.25) is 4.99 Å². The van der Waals surface area contributed by atoms with Crippen LogP contribution in [0.1, 0.15) is 34.6 Å². The Morgan fingerprint density at radius 2 is 1.67 bits per heavy atom. The third kappa shape index (κ3) is 12.4. The smallest absolute Gasteiger partial charge is 0.209 e. The highest BCUT2D eigenvalue weighted by Gasteiger charge is 2.22. The summed E-state index contributed by atoms with van der Waals surface area (Å²) in [6.45, 7) is 9.68.